The number of rotatable bonds is 12. The molecule has 19 heteroatoms. The summed E-state index contributed by atoms with van der Waals surface area (Å²) in [4.78, 5) is 71.8. The Balaban J connectivity index is 2.38. The molecule has 2 aromatic carbocycles. The molecule has 0 fully saturated rings. The van der Waals surface area contributed by atoms with Crippen LogP contribution < -0.4 is 10.6 Å². The number of carbonyl (C=O) groups is 5. The second-order valence-corrected chi connectivity index (χ2v) is 19.7. The molecular formula is C46H69N7O12. The summed E-state index contributed by atoms with van der Waals surface area (Å²) in [6.45, 7) is 24.5. The Labute approximate surface area is 382 Å². The van der Waals surface area contributed by atoms with Crippen molar-refractivity contribution in [2.24, 2.45) is 4.99 Å². The summed E-state index contributed by atoms with van der Waals surface area (Å²) in [5.41, 5.74) is -2.24. The molecule has 0 saturated carbocycles. The molecule has 19 nitrogen and oxygen atoms in total. The first-order valence-electron chi connectivity index (χ1n) is 21.0. The summed E-state index contributed by atoms with van der Waals surface area (Å²) < 4.78 is 39.3. The molecule has 0 aliphatic heterocycles. The number of amidine groups is 2. The standard InChI is InChI=1S/C46H69N7O12/c1-42(2,3)61-37(54)49-34(47)32-20-16-30(17-21-32)28-59-26-24-52(40(57)64-45(10,11)12)36(51-39(56)63-44(7,8)9)53(41(58)65-46(13,14)15)25-27-60-29-31-18-22-33(23-19-31)35(48)50-38(55)62-43(4,5)6/h16-23H,24-29H2,1-15H3,(H2,47,49,54)(H2,48,50,55). The van der Waals surface area contributed by atoms with Gasteiger partial charge in [-0.1, -0.05) is 48.5 Å². The van der Waals surface area contributed by atoms with Gasteiger partial charge in [-0.25, -0.2) is 33.8 Å². The minimum Gasteiger partial charge on any atom is -0.444 e. The first-order chi connectivity index (χ1) is 29.7. The summed E-state index contributed by atoms with van der Waals surface area (Å²) in [6, 6.07) is 13.3. The van der Waals surface area contributed by atoms with Crippen LogP contribution in [0.2, 0.25) is 0 Å². The number of guanidine groups is 1. The fourth-order valence-electron chi connectivity index (χ4n) is 5.00. The Morgan fingerprint density at radius 1 is 0.492 bits per heavy atom. The maximum Gasteiger partial charge on any atom is 0.437 e. The number of benzene rings is 2. The molecule has 0 aliphatic carbocycles. The largest absolute Gasteiger partial charge is 0.444 e. The van der Waals surface area contributed by atoms with Crippen molar-refractivity contribution < 1.29 is 57.1 Å². The van der Waals surface area contributed by atoms with Crippen molar-refractivity contribution in [2.45, 2.75) is 145 Å². The van der Waals surface area contributed by atoms with Crippen LogP contribution in [0.3, 0.4) is 0 Å². The molecule has 2 aromatic rings. The SMILES string of the molecule is CC(C)(C)OC(=O)N=C(N(CCOCc1ccc(C(=N)NC(=O)OC(C)(C)C)cc1)C(=O)OC(C)(C)C)N(CCOCc1ccc(C(=N)NC(=O)OC(C)(C)C)cc1)C(=O)OC(C)(C)C. The number of carbonyl (C=O) groups excluding carboxylic acids is 5. The maximum absolute atomic E-state index is 14.0. The first kappa shape index (κ1) is 55.1. The number of nitrogens with zero attached hydrogens (tertiary/aromatic N) is 3. The van der Waals surface area contributed by atoms with Crippen LogP contribution in [-0.2, 0) is 46.4 Å². The topological polar surface area (TPSA) is 241 Å². The van der Waals surface area contributed by atoms with Crippen molar-refractivity contribution in [1.82, 2.24) is 20.4 Å². The van der Waals surface area contributed by atoms with Crippen molar-refractivity contribution >= 4 is 48.1 Å². The molecule has 0 atom stereocenters. The van der Waals surface area contributed by atoms with Gasteiger partial charge in [-0.2, -0.15) is 0 Å². The van der Waals surface area contributed by atoms with E-state index in [0.29, 0.717) is 22.3 Å². The van der Waals surface area contributed by atoms with Gasteiger partial charge in [0.05, 0.1) is 39.5 Å². The average molecular weight is 912 g/mol. The van der Waals surface area contributed by atoms with E-state index in [4.69, 9.17) is 44.0 Å². The van der Waals surface area contributed by atoms with E-state index in [0.717, 1.165) is 9.80 Å². The van der Waals surface area contributed by atoms with Gasteiger partial charge in [0.2, 0.25) is 5.96 Å². The molecule has 0 heterocycles. The van der Waals surface area contributed by atoms with Crippen LogP contribution in [0.5, 0.6) is 0 Å². The third-order valence-corrected chi connectivity index (χ3v) is 7.49. The molecule has 0 aromatic heterocycles. The van der Waals surface area contributed by atoms with Crippen molar-refractivity contribution in [1.29, 1.82) is 10.8 Å². The lowest BCUT2D eigenvalue weighted by Crippen LogP contribution is -2.54. The number of amides is 5. The fraction of sp³-hybridized carbons (Fsp3) is 0.565. The number of nitrogens with one attached hydrogen (secondary N) is 4. The van der Waals surface area contributed by atoms with Crippen LogP contribution in [-0.4, -0.2) is 112 Å². The van der Waals surface area contributed by atoms with E-state index in [1.165, 1.54) is 0 Å². The quantitative estimate of drug-likeness (QED) is 0.0676. The fourth-order valence-corrected chi connectivity index (χ4v) is 5.00. The van der Waals surface area contributed by atoms with E-state index < -0.39 is 64.4 Å². The predicted octanol–water partition coefficient (Wildman–Crippen LogP) is 8.89. The van der Waals surface area contributed by atoms with Crippen LogP contribution in [0.4, 0.5) is 24.0 Å². The molecule has 0 aliphatic rings. The van der Waals surface area contributed by atoms with Crippen LogP contribution in [0.1, 0.15) is 126 Å². The van der Waals surface area contributed by atoms with E-state index in [9.17, 15) is 24.0 Å². The average Bonchev–Trinajstić information content (AvgIpc) is 3.10. The lowest BCUT2D eigenvalue weighted by atomic mass is 10.1. The Morgan fingerprint density at radius 2 is 0.800 bits per heavy atom. The third-order valence-electron chi connectivity index (χ3n) is 7.49. The molecule has 2 rings (SSSR count). The van der Waals surface area contributed by atoms with Gasteiger partial charge >= 0.3 is 30.5 Å². The number of alkyl carbamates (subject to hydrolysis) is 2. The molecule has 65 heavy (non-hydrogen) atoms. The van der Waals surface area contributed by atoms with Crippen LogP contribution in [0, 0.1) is 10.8 Å². The van der Waals surface area contributed by atoms with Crippen LogP contribution in [0.25, 0.3) is 0 Å². The molecule has 0 spiro atoms. The monoisotopic (exact) mass is 912 g/mol. The zero-order valence-corrected chi connectivity index (χ0v) is 40.6. The van der Waals surface area contributed by atoms with Gasteiger partial charge in [-0.15, -0.1) is 4.99 Å². The highest BCUT2D eigenvalue weighted by Crippen LogP contribution is 2.18. The van der Waals surface area contributed by atoms with Crippen molar-refractivity contribution in [2.75, 3.05) is 26.3 Å². The van der Waals surface area contributed by atoms with Crippen LogP contribution in [0.15, 0.2) is 53.5 Å². The van der Waals surface area contributed by atoms with Gasteiger partial charge in [-0.3, -0.25) is 21.5 Å². The predicted molar refractivity (Wildman–Crippen MR) is 244 cm³/mol. The Kier molecular flexibility index (Phi) is 19.7. The first-order valence-corrected chi connectivity index (χ1v) is 21.0. The lowest BCUT2D eigenvalue weighted by molar-refractivity contribution is 0.0187. The molecule has 0 saturated heterocycles. The van der Waals surface area contributed by atoms with Crippen LogP contribution >= 0.6 is 0 Å². The van der Waals surface area contributed by atoms with Gasteiger partial charge in [-0.05, 0) is 115 Å². The third kappa shape index (κ3) is 22.9. The number of aliphatic imine (C=N–C) groups is 1. The number of hydrogen-bond acceptors (Lipinski definition) is 14. The summed E-state index contributed by atoms with van der Waals surface area (Å²) in [7, 11) is 0. The van der Waals surface area contributed by atoms with E-state index in [1.54, 1.807) is 152 Å². The van der Waals surface area contributed by atoms with Crippen molar-refractivity contribution in [3.63, 3.8) is 0 Å². The van der Waals surface area contributed by atoms with Gasteiger partial charge in [0.25, 0.3) is 0 Å². The van der Waals surface area contributed by atoms with E-state index >= 15 is 0 Å². The molecule has 0 radical (unpaired) electrons. The lowest BCUT2D eigenvalue weighted by Gasteiger charge is -2.34. The second kappa shape index (κ2) is 23.2. The minimum atomic E-state index is -1.10. The number of ether oxygens (including phenoxy) is 7. The highest BCUT2D eigenvalue weighted by molar-refractivity contribution is 6.06. The molecule has 0 unspecified atom stereocenters. The van der Waals surface area contributed by atoms with Gasteiger partial charge in [0.1, 0.15) is 39.7 Å². The highest BCUT2D eigenvalue weighted by Gasteiger charge is 2.36. The van der Waals surface area contributed by atoms with E-state index in [-0.39, 0.29) is 51.2 Å². The summed E-state index contributed by atoms with van der Waals surface area (Å²) in [5.74, 6) is -0.770. The van der Waals surface area contributed by atoms with E-state index in [1.807, 2.05) is 0 Å². The second-order valence-electron chi connectivity index (χ2n) is 19.7. The molecular weight excluding hydrogens is 843 g/mol. The number of hydrogen-bond donors (Lipinski definition) is 4. The zero-order chi connectivity index (χ0) is 49.6. The normalized spacial score (nSPS) is 11.9. The van der Waals surface area contributed by atoms with Gasteiger partial charge in [0, 0.05) is 11.1 Å². The van der Waals surface area contributed by atoms with E-state index in [2.05, 4.69) is 15.6 Å². The minimum absolute atomic E-state index is 0.0554. The summed E-state index contributed by atoms with van der Waals surface area (Å²) in [6.07, 6.45) is -4.52. The summed E-state index contributed by atoms with van der Waals surface area (Å²) >= 11 is 0. The molecule has 0 bridgehead atoms. The van der Waals surface area contributed by atoms with Gasteiger partial charge in [0.15, 0.2) is 0 Å². The van der Waals surface area contributed by atoms with Crippen molar-refractivity contribution in [3.8, 4) is 0 Å². The Bertz CT molecular complexity index is 1870. The Morgan fingerprint density at radius 3 is 1.09 bits per heavy atom. The molecule has 360 valence electrons. The molecule has 4 N–H and O–H groups in total. The summed E-state index contributed by atoms with van der Waals surface area (Å²) in [5, 5.41) is 21.3. The smallest absolute Gasteiger partial charge is 0.437 e. The van der Waals surface area contributed by atoms with Crippen molar-refractivity contribution in [3.05, 3.63) is 70.8 Å². The van der Waals surface area contributed by atoms with Gasteiger partial charge < -0.3 is 33.2 Å². The molecule has 5 amide bonds. The zero-order valence-electron chi connectivity index (χ0n) is 40.6. The maximum atomic E-state index is 14.0. The highest BCUT2D eigenvalue weighted by atomic mass is 16.6. The Hall–Kier alpha value is -6.08.